The molecule has 0 spiro atoms. The maximum Gasteiger partial charge on any atom is 0.315 e. The number of ether oxygens (including phenoxy) is 2. The Morgan fingerprint density at radius 3 is 2.65 bits per heavy atom. The monoisotopic (exact) mass is 335 g/mol. The van der Waals surface area contributed by atoms with Gasteiger partial charge in [-0.1, -0.05) is 6.07 Å². The van der Waals surface area contributed by atoms with Gasteiger partial charge in [0.05, 0.1) is 20.3 Å². The van der Waals surface area contributed by atoms with Crippen molar-refractivity contribution >= 4 is 17.4 Å². The van der Waals surface area contributed by atoms with E-state index in [-0.39, 0.29) is 12.1 Å². The van der Waals surface area contributed by atoms with Crippen LogP contribution in [0.25, 0.3) is 0 Å². The van der Waals surface area contributed by atoms with Crippen molar-refractivity contribution in [3.63, 3.8) is 0 Å². The number of methoxy groups -OCH3 is 2. The number of nitrogens with zero attached hydrogens (tertiary/aromatic N) is 1. The highest BCUT2D eigenvalue weighted by molar-refractivity contribution is 7.09. The summed E-state index contributed by atoms with van der Waals surface area (Å²) in [4.78, 5) is 16.4. The number of amides is 2. The molecule has 0 saturated carbocycles. The van der Waals surface area contributed by atoms with Crippen LogP contribution in [-0.4, -0.2) is 25.2 Å². The molecule has 0 radical (unpaired) electrons. The maximum atomic E-state index is 12.0. The summed E-state index contributed by atoms with van der Waals surface area (Å²) in [6.45, 7) is 4.24. The second kappa shape index (κ2) is 7.82. The van der Waals surface area contributed by atoms with Gasteiger partial charge in [-0.15, -0.1) is 11.3 Å². The summed E-state index contributed by atoms with van der Waals surface area (Å²) in [7, 11) is 3.17. The number of urea groups is 1. The van der Waals surface area contributed by atoms with Crippen LogP contribution in [0.2, 0.25) is 0 Å². The summed E-state index contributed by atoms with van der Waals surface area (Å²) >= 11 is 1.54. The molecule has 0 aliphatic rings. The summed E-state index contributed by atoms with van der Waals surface area (Å²) in [5.74, 6) is 1.30. The lowest BCUT2D eigenvalue weighted by atomic mass is 10.2. The largest absolute Gasteiger partial charge is 0.493 e. The number of nitrogens with one attached hydrogen (secondary N) is 2. The number of carbonyl (C=O) groups excluding carboxylic acids is 1. The van der Waals surface area contributed by atoms with Crippen LogP contribution in [0.5, 0.6) is 11.5 Å². The number of hydrogen-bond acceptors (Lipinski definition) is 5. The summed E-state index contributed by atoms with van der Waals surface area (Å²) in [5.41, 5.74) is 1.89. The molecule has 2 aromatic rings. The highest BCUT2D eigenvalue weighted by Gasteiger charge is 2.12. The second-order valence-corrected chi connectivity index (χ2v) is 5.95. The zero-order valence-corrected chi connectivity index (χ0v) is 14.5. The summed E-state index contributed by atoms with van der Waals surface area (Å²) in [6, 6.07) is 5.18. The average Bonchev–Trinajstić information content (AvgIpc) is 2.99. The number of carbonyl (C=O) groups is 1. The molecule has 1 aromatic heterocycles. The highest BCUT2D eigenvalue weighted by Crippen LogP contribution is 2.27. The molecule has 0 bridgehead atoms. The van der Waals surface area contributed by atoms with E-state index in [4.69, 9.17) is 9.47 Å². The topological polar surface area (TPSA) is 72.5 Å². The van der Waals surface area contributed by atoms with Crippen molar-refractivity contribution in [1.29, 1.82) is 0 Å². The number of thiazole rings is 1. The van der Waals surface area contributed by atoms with E-state index in [1.54, 1.807) is 14.2 Å². The zero-order valence-electron chi connectivity index (χ0n) is 13.7. The van der Waals surface area contributed by atoms with Gasteiger partial charge in [-0.3, -0.25) is 0 Å². The lowest BCUT2D eigenvalue weighted by Crippen LogP contribution is -2.36. The van der Waals surface area contributed by atoms with Gasteiger partial charge in [-0.25, -0.2) is 9.78 Å². The Bertz CT molecular complexity index is 672. The number of hydrogen-bond donors (Lipinski definition) is 2. The zero-order chi connectivity index (χ0) is 16.8. The van der Waals surface area contributed by atoms with Crippen molar-refractivity contribution in [3.05, 3.63) is 39.8 Å². The molecule has 0 saturated heterocycles. The molecule has 0 fully saturated rings. The first kappa shape index (κ1) is 17.1. The Hall–Kier alpha value is -2.28. The minimum atomic E-state index is -0.236. The van der Waals surface area contributed by atoms with E-state index in [0.29, 0.717) is 18.0 Å². The van der Waals surface area contributed by atoms with Gasteiger partial charge in [0, 0.05) is 17.6 Å². The lowest BCUT2D eigenvalue weighted by molar-refractivity contribution is 0.237. The molecular formula is C16H21N3O3S. The molecule has 1 aromatic carbocycles. The Balaban J connectivity index is 1.89. The van der Waals surface area contributed by atoms with E-state index < -0.39 is 0 Å². The first-order chi connectivity index (χ1) is 11.0. The van der Waals surface area contributed by atoms with Gasteiger partial charge in [0.15, 0.2) is 11.5 Å². The molecule has 1 atom stereocenters. The maximum absolute atomic E-state index is 12.0. The van der Waals surface area contributed by atoms with Crippen LogP contribution in [0.1, 0.15) is 29.2 Å². The van der Waals surface area contributed by atoms with Crippen LogP contribution in [-0.2, 0) is 6.54 Å². The van der Waals surface area contributed by atoms with Crippen LogP contribution < -0.4 is 20.1 Å². The second-order valence-electron chi connectivity index (χ2n) is 5.07. The molecule has 1 unspecified atom stereocenters. The molecule has 23 heavy (non-hydrogen) atoms. The molecule has 0 aliphatic heterocycles. The van der Waals surface area contributed by atoms with E-state index in [1.807, 2.05) is 37.4 Å². The van der Waals surface area contributed by atoms with Crippen molar-refractivity contribution in [2.75, 3.05) is 14.2 Å². The fourth-order valence-electron chi connectivity index (χ4n) is 2.05. The minimum absolute atomic E-state index is 0.126. The third-order valence-electron chi connectivity index (χ3n) is 3.26. The quantitative estimate of drug-likeness (QED) is 0.851. The fourth-order valence-corrected chi connectivity index (χ4v) is 2.86. The summed E-state index contributed by atoms with van der Waals surface area (Å²) in [5, 5.41) is 8.56. The molecule has 0 aliphatic carbocycles. The first-order valence-corrected chi connectivity index (χ1v) is 8.08. The van der Waals surface area contributed by atoms with Gasteiger partial charge in [0.1, 0.15) is 5.01 Å². The van der Waals surface area contributed by atoms with Crippen molar-refractivity contribution in [2.24, 2.45) is 0 Å². The van der Waals surface area contributed by atoms with Crippen LogP contribution in [0.15, 0.2) is 23.6 Å². The van der Waals surface area contributed by atoms with E-state index in [1.165, 1.54) is 11.3 Å². The Labute approximate surface area is 139 Å². The molecule has 2 rings (SSSR count). The van der Waals surface area contributed by atoms with E-state index in [9.17, 15) is 4.79 Å². The lowest BCUT2D eigenvalue weighted by Gasteiger charge is -2.13. The molecule has 124 valence electrons. The van der Waals surface area contributed by atoms with Gasteiger partial charge in [-0.05, 0) is 31.5 Å². The Kier molecular flexibility index (Phi) is 5.81. The SMILES string of the molecule is COc1ccc(CNC(=O)NC(C)c2nc(C)cs2)cc1OC. The van der Waals surface area contributed by atoms with Crippen molar-refractivity contribution in [3.8, 4) is 11.5 Å². The number of aromatic nitrogens is 1. The Morgan fingerprint density at radius 1 is 1.30 bits per heavy atom. The normalized spacial score (nSPS) is 11.7. The van der Waals surface area contributed by atoms with Gasteiger partial charge < -0.3 is 20.1 Å². The first-order valence-electron chi connectivity index (χ1n) is 7.20. The predicted octanol–water partition coefficient (Wildman–Crippen LogP) is 3.03. The van der Waals surface area contributed by atoms with Gasteiger partial charge >= 0.3 is 6.03 Å². The van der Waals surface area contributed by atoms with Crippen LogP contribution in [0.3, 0.4) is 0 Å². The van der Waals surface area contributed by atoms with E-state index >= 15 is 0 Å². The van der Waals surface area contributed by atoms with Gasteiger partial charge in [0.2, 0.25) is 0 Å². The van der Waals surface area contributed by atoms with Gasteiger partial charge in [-0.2, -0.15) is 0 Å². The molecule has 7 heteroatoms. The molecule has 1 heterocycles. The van der Waals surface area contributed by atoms with Crippen LogP contribution in [0.4, 0.5) is 4.79 Å². The standard InChI is InChI=1S/C16H21N3O3S/c1-10-9-23-15(18-10)11(2)19-16(20)17-8-12-5-6-13(21-3)14(7-12)22-4/h5-7,9,11H,8H2,1-4H3,(H2,17,19,20). The van der Waals surface area contributed by atoms with E-state index in [0.717, 1.165) is 16.3 Å². The van der Waals surface area contributed by atoms with Gasteiger partial charge in [0.25, 0.3) is 0 Å². The third-order valence-corrected chi connectivity index (χ3v) is 4.40. The molecule has 2 N–H and O–H groups in total. The number of aryl methyl sites for hydroxylation is 1. The van der Waals surface area contributed by atoms with Crippen molar-refractivity contribution in [1.82, 2.24) is 15.6 Å². The minimum Gasteiger partial charge on any atom is -0.493 e. The predicted molar refractivity (Wildman–Crippen MR) is 90.2 cm³/mol. The molecule has 6 nitrogen and oxygen atoms in total. The average molecular weight is 335 g/mol. The van der Waals surface area contributed by atoms with Crippen molar-refractivity contribution < 1.29 is 14.3 Å². The highest BCUT2D eigenvalue weighted by atomic mass is 32.1. The third kappa shape index (κ3) is 4.59. The number of rotatable bonds is 6. The fraction of sp³-hybridized carbons (Fsp3) is 0.375. The van der Waals surface area contributed by atoms with Crippen molar-refractivity contribution in [2.45, 2.75) is 26.4 Å². The summed E-state index contributed by atoms with van der Waals surface area (Å²) in [6.07, 6.45) is 0. The smallest absolute Gasteiger partial charge is 0.315 e. The summed E-state index contributed by atoms with van der Waals surface area (Å²) < 4.78 is 10.4. The van der Waals surface area contributed by atoms with Crippen LogP contribution >= 0.6 is 11.3 Å². The van der Waals surface area contributed by atoms with E-state index in [2.05, 4.69) is 15.6 Å². The Morgan fingerprint density at radius 2 is 2.04 bits per heavy atom. The van der Waals surface area contributed by atoms with Crippen LogP contribution in [0, 0.1) is 6.92 Å². The molecule has 2 amide bonds. The molecular weight excluding hydrogens is 314 g/mol. The number of benzene rings is 1.